The number of hydrogen-bond acceptors (Lipinski definition) is 3. The van der Waals surface area contributed by atoms with E-state index in [0.717, 1.165) is 0 Å². The summed E-state index contributed by atoms with van der Waals surface area (Å²) < 4.78 is 4.94. The number of nitrogens with one attached hydrogen (secondary N) is 1. The molecule has 4 heteroatoms. The first-order chi connectivity index (χ1) is 6.72. The standard InChI is InChI=1S/C6H13NO2.C5H12O/c1-5(7-4-8)3-6(2)9;1-5(2,3)6-4/h4-6,9H,3H2,1-2H3,(H,7,8);1-4H3. The van der Waals surface area contributed by atoms with Gasteiger partial charge in [0.25, 0.3) is 0 Å². The summed E-state index contributed by atoms with van der Waals surface area (Å²) in [6.07, 6.45) is 0.915. The predicted octanol–water partition coefficient (Wildman–Crippen LogP) is 1.32. The molecule has 2 N–H and O–H groups in total. The average molecular weight is 219 g/mol. The Morgan fingerprint density at radius 2 is 1.80 bits per heavy atom. The van der Waals surface area contributed by atoms with Crippen molar-refractivity contribution in [2.24, 2.45) is 0 Å². The molecule has 0 aliphatic heterocycles. The summed E-state index contributed by atoms with van der Waals surface area (Å²) in [6.45, 7) is 9.61. The minimum Gasteiger partial charge on any atom is -0.393 e. The molecule has 92 valence electrons. The van der Waals surface area contributed by atoms with Crippen molar-refractivity contribution in [3.63, 3.8) is 0 Å². The molecular formula is C11H25NO3. The first-order valence-electron chi connectivity index (χ1n) is 5.15. The number of hydrogen-bond donors (Lipinski definition) is 2. The SMILES string of the molecule is CC(O)CC(C)NC=O.COC(C)(C)C. The quantitative estimate of drug-likeness (QED) is 0.701. The second-order valence-corrected chi connectivity index (χ2v) is 4.59. The van der Waals surface area contributed by atoms with Gasteiger partial charge < -0.3 is 15.2 Å². The highest BCUT2D eigenvalue weighted by Crippen LogP contribution is 2.02. The van der Waals surface area contributed by atoms with Crippen molar-refractivity contribution >= 4 is 6.41 Å². The molecule has 15 heavy (non-hydrogen) atoms. The van der Waals surface area contributed by atoms with Gasteiger partial charge in [0.15, 0.2) is 0 Å². The van der Waals surface area contributed by atoms with Crippen LogP contribution in [0, 0.1) is 0 Å². The summed E-state index contributed by atoms with van der Waals surface area (Å²) in [5.41, 5.74) is 0.0417. The number of methoxy groups -OCH3 is 1. The lowest BCUT2D eigenvalue weighted by atomic mass is 10.2. The molecule has 0 bridgehead atoms. The van der Waals surface area contributed by atoms with Crippen LogP contribution in [0.15, 0.2) is 0 Å². The monoisotopic (exact) mass is 219 g/mol. The Morgan fingerprint density at radius 1 is 1.40 bits per heavy atom. The zero-order chi connectivity index (χ0) is 12.5. The second kappa shape index (κ2) is 8.68. The van der Waals surface area contributed by atoms with E-state index in [1.165, 1.54) is 0 Å². The molecular weight excluding hydrogens is 194 g/mol. The van der Waals surface area contributed by atoms with Gasteiger partial charge in [0.05, 0.1) is 11.7 Å². The van der Waals surface area contributed by atoms with Gasteiger partial charge in [-0.15, -0.1) is 0 Å². The molecule has 1 amide bonds. The number of amides is 1. The summed E-state index contributed by atoms with van der Waals surface area (Å²) in [5.74, 6) is 0. The molecule has 0 spiro atoms. The van der Waals surface area contributed by atoms with Crippen molar-refractivity contribution in [2.75, 3.05) is 7.11 Å². The molecule has 4 nitrogen and oxygen atoms in total. The van der Waals surface area contributed by atoms with E-state index in [9.17, 15) is 4.79 Å². The molecule has 2 unspecified atom stereocenters. The van der Waals surface area contributed by atoms with E-state index in [1.54, 1.807) is 14.0 Å². The van der Waals surface area contributed by atoms with Gasteiger partial charge in [-0.05, 0) is 41.0 Å². The van der Waals surface area contributed by atoms with E-state index in [4.69, 9.17) is 9.84 Å². The lowest BCUT2D eigenvalue weighted by Crippen LogP contribution is -2.27. The second-order valence-electron chi connectivity index (χ2n) is 4.59. The molecule has 0 rings (SSSR count). The Kier molecular flexibility index (Phi) is 9.72. The fourth-order valence-electron chi connectivity index (χ4n) is 0.696. The molecule has 2 atom stereocenters. The largest absolute Gasteiger partial charge is 0.393 e. The maximum absolute atomic E-state index is 9.80. The molecule has 0 heterocycles. The smallest absolute Gasteiger partial charge is 0.207 e. The third kappa shape index (κ3) is 19.7. The number of carbonyl (C=O) groups excluding carboxylic acids is 1. The highest BCUT2D eigenvalue weighted by molar-refractivity contribution is 5.46. The summed E-state index contributed by atoms with van der Waals surface area (Å²) in [7, 11) is 1.71. The van der Waals surface area contributed by atoms with Crippen LogP contribution in [-0.2, 0) is 9.53 Å². The molecule has 0 aliphatic rings. The maximum atomic E-state index is 9.80. The molecule has 0 aromatic heterocycles. The Balaban J connectivity index is 0. The molecule has 0 aromatic carbocycles. The van der Waals surface area contributed by atoms with Crippen molar-refractivity contribution in [1.82, 2.24) is 5.32 Å². The van der Waals surface area contributed by atoms with Crippen LogP contribution in [0.2, 0.25) is 0 Å². The Morgan fingerprint density at radius 3 is 2.00 bits per heavy atom. The molecule has 0 saturated carbocycles. The molecule has 0 radical (unpaired) electrons. The normalized spacial score (nSPS) is 14.6. The minimum absolute atomic E-state index is 0.0417. The Bertz CT molecular complexity index is 152. The van der Waals surface area contributed by atoms with Crippen molar-refractivity contribution in [3.05, 3.63) is 0 Å². The van der Waals surface area contributed by atoms with E-state index in [2.05, 4.69) is 5.32 Å². The summed E-state index contributed by atoms with van der Waals surface area (Å²) >= 11 is 0. The van der Waals surface area contributed by atoms with Gasteiger partial charge in [0, 0.05) is 13.2 Å². The van der Waals surface area contributed by atoms with Gasteiger partial charge in [0.2, 0.25) is 6.41 Å². The third-order valence-corrected chi connectivity index (χ3v) is 1.66. The van der Waals surface area contributed by atoms with Gasteiger partial charge in [-0.3, -0.25) is 4.79 Å². The fraction of sp³-hybridized carbons (Fsp3) is 0.909. The number of aliphatic hydroxyl groups is 1. The average Bonchev–Trinajstić information content (AvgIpc) is 2.03. The van der Waals surface area contributed by atoms with Crippen LogP contribution in [-0.4, -0.2) is 36.4 Å². The number of rotatable bonds is 4. The van der Waals surface area contributed by atoms with Gasteiger partial charge in [-0.1, -0.05) is 0 Å². The van der Waals surface area contributed by atoms with Gasteiger partial charge in [-0.25, -0.2) is 0 Å². The minimum atomic E-state index is -0.340. The van der Waals surface area contributed by atoms with Crippen LogP contribution < -0.4 is 5.32 Å². The van der Waals surface area contributed by atoms with Crippen molar-refractivity contribution < 1.29 is 14.6 Å². The van der Waals surface area contributed by atoms with Crippen molar-refractivity contribution in [2.45, 2.75) is 58.8 Å². The molecule has 0 aliphatic carbocycles. The van der Waals surface area contributed by atoms with Crippen molar-refractivity contribution in [3.8, 4) is 0 Å². The highest BCUT2D eigenvalue weighted by atomic mass is 16.5. The topological polar surface area (TPSA) is 58.6 Å². The fourth-order valence-corrected chi connectivity index (χ4v) is 0.696. The van der Waals surface area contributed by atoms with Crippen LogP contribution in [0.5, 0.6) is 0 Å². The zero-order valence-corrected chi connectivity index (χ0v) is 10.7. The Labute approximate surface area is 93.0 Å². The first-order valence-corrected chi connectivity index (χ1v) is 5.15. The van der Waals surface area contributed by atoms with Crippen LogP contribution in [0.3, 0.4) is 0 Å². The molecule has 0 fully saturated rings. The molecule has 0 saturated heterocycles. The lowest BCUT2D eigenvalue weighted by molar-refractivity contribution is -0.110. The maximum Gasteiger partial charge on any atom is 0.207 e. The lowest BCUT2D eigenvalue weighted by Gasteiger charge is -2.14. The van der Waals surface area contributed by atoms with E-state index in [1.807, 2.05) is 27.7 Å². The zero-order valence-electron chi connectivity index (χ0n) is 10.7. The van der Waals surface area contributed by atoms with Gasteiger partial charge in [0.1, 0.15) is 0 Å². The van der Waals surface area contributed by atoms with E-state index < -0.39 is 0 Å². The predicted molar refractivity (Wildman–Crippen MR) is 61.7 cm³/mol. The number of carbonyl (C=O) groups is 1. The van der Waals surface area contributed by atoms with Crippen LogP contribution in [0.4, 0.5) is 0 Å². The highest BCUT2D eigenvalue weighted by Gasteiger charge is 2.04. The van der Waals surface area contributed by atoms with E-state index >= 15 is 0 Å². The first kappa shape index (κ1) is 16.8. The van der Waals surface area contributed by atoms with E-state index in [0.29, 0.717) is 12.8 Å². The van der Waals surface area contributed by atoms with Crippen LogP contribution >= 0.6 is 0 Å². The van der Waals surface area contributed by atoms with Crippen molar-refractivity contribution in [1.29, 1.82) is 0 Å². The van der Waals surface area contributed by atoms with Gasteiger partial charge >= 0.3 is 0 Å². The van der Waals surface area contributed by atoms with E-state index in [-0.39, 0.29) is 17.7 Å². The third-order valence-electron chi connectivity index (χ3n) is 1.66. The molecule has 0 aromatic rings. The number of ether oxygens (including phenoxy) is 1. The van der Waals surface area contributed by atoms with Gasteiger partial charge in [-0.2, -0.15) is 0 Å². The van der Waals surface area contributed by atoms with Crippen LogP contribution in [0.25, 0.3) is 0 Å². The summed E-state index contributed by atoms with van der Waals surface area (Å²) in [6, 6.07) is 0.0718. The summed E-state index contributed by atoms with van der Waals surface area (Å²) in [5, 5.41) is 11.3. The number of aliphatic hydroxyl groups excluding tert-OH is 1. The summed E-state index contributed by atoms with van der Waals surface area (Å²) in [4.78, 5) is 9.80. The van der Waals surface area contributed by atoms with Crippen LogP contribution in [0.1, 0.15) is 41.0 Å². The Hall–Kier alpha value is -0.610.